The van der Waals surface area contributed by atoms with Gasteiger partial charge in [0, 0.05) is 18.7 Å². The summed E-state index contributed by atoms with van der Waals surface area (Å²) in [5, 5.41) is 13.3. The van der Waals surface area contributed by atoms with E-state index in [4.69, 9.17) is 5.73 Å². The minimum absolute atomic E-state index is 0.0439. The van der Waals surface area contributed by atoms with Crippen molar-refractivity contribution >= 4 is 54.2 Å². The van der Waals surface area contributed by atoms with Gasteiger partial charge in [-0.05, 0) is 72.0 Å². The highest BCUT2D eigenvalue weighted by Crippen LogP contribution is 2.32. The molecule has 52 heavy (non-hydrogen) atoms. The van der Waals surface area contributed by atoms with Gasteiger partial charge in [0.2, 0.25) is 19.7 Å². The number of carbonyl (C=O) groups excluding carboxylic acids is 1. The zero-order chi connectivity index (χ0) is 37.5. The van der Waals surface area contributed by atoms with E-state index in [-0.39, 0.29) is 36.2 Å². The second-order valence-corrected chi connectivity index (χ2v) is 17.7. The fraction of sp³-hybridized carbons (Fsp3) is 0.135. The minimum atomic E-state index is -3.82. The first-order valence-electron chi connectivity index (χ1n) is 15.9. The highest BCUT2D eigenvalue weighted by Gasteiger charge is 2.25. The molecule has 1 amide bonds. The number of nitrogens with one attached hydrogen (secondary N) is 1. The summed E-state index contributed by atoms with van der Waals surface area (Å²) < 4.78 is 52.2. The molecule has 0 fully saturated rings. The third-order valence-electron chi connectivity index (χ3n) is 7.57. The number of hydrogen-bond donors (Lipinski definition) is 3. The molecule has 0 bridgehead atoms. The fourth-order valence-corrected chi connectivity index (χ4v) is 10.1. The molecule has 6 aromatic rings. The predicted molar refractivity (Wildman–Crippen MR) is 201 cm³/mol. The van der Waals surface area contributed by atoms with Gasteiger partial charge in [-0.3, -0.25) is 4.79 Å². The second-order valence-electron chi connectivity index (χ2n) is 11.1. The van der Waals surface area contributed by atoms with Crippen molar-refractivity contribution in [1.29, 1.82) is 0 Å². The number of aromatic nitrogens is 2. The van der Waals surface area contributed by atoms with Gasteiger partial charge in [-0.1, -0.05) is 67.6 Å². The highest BCUT2D eigenvalue weighted by molar-refractivity contribution is 7.93. The van der Waals surface area contributed by atoms with Crippen molar-refractivity contribution in [1.82, 2.24) is 15.3 Å². The van der Waals surface area contributed by atoms with Gasteiger partial charge < -0.3 is 16.2 Å². The molecule has 0 aliphatic heterocycles. The molecule has 2 aromatic heterocycles. The molecular weight excluding hydrogens is 741 g/mol. The van der Waals surface area contributed by atoms with Crippen molar-refractivity contribution in [3.05, 3.63) is 131 Å². The number of aromatic carboxylic acids is 1. The van der Waals surface area contributed by atoms with E-state index in [0.717, 1.165) is 38.8 Å². The summed E-state index contributed by atoms with van der Waals surface area (Å²) in [6, 6.07) is 27.2. The van der Waals surface area contributed by atoms with E-state index < -0.39 is 25.6 Å². The van der Waals surface area contributed by atoms with Crippen LogP contribution in [0.4, 0.5) is 0 Å². The number of aryl methyl sites for hydroxylation is 1. The Hall–Kier alpha value is -5.06. The van der Waals surface area contributed by atoms with Crippen LogP contribution in [0.5, 0.6) is 0 Å². The van der Waals surface area contributed by atoms with Crippen molar-refractivity contribution in [2.24, 2.45) is 5.73 Å². The van der Waals surface area contributed by atoms with Crippen LogP contribution in [0.25, 0.3) is 22.3 Å². The first kappa shape index (κ1) is 38.2. The molecule has 15 heteroatoms. The molecule has 0 aliphatic carbocycles. The van der Waals surface area contributed by atoms with Crippen LogP contribution in [-0.4, -0.2) is 50.3 Å². The SMILES string of the molecule is CCNC(=O)c1cc(-c2ccccc2)cc(S(=O)(=O)c2cnc(CN)s2)c1.CCc1ncc(S(=O)(=O)c2cc(C(=O)O)cc(-c3ccccc3)c2)s1. The number of thiazole rings is 2. The van der Waals surface area contributed by atoms with Crippen LogP contribution >= 0.6 is 22.7 Å². The van der Waals surface area contributed by atoms with Crippen molar-refractivity contribution in [2.45, 2.75) is 45.0 Å². The largest absolute Gasteiger partial charge is 0.478 e. The van der Waals surface area contributed by atoms with E-state index in [1.54, 1.807) is 24.3 Å². The topological polar surface area (TPSA) is 186 Å². The van der Waals surface area contributed by atoms with Crippen molar-refractivity contribution < 1.29 is 31.5 Å². The van der Waals surface area contributed by atoms with E-state index >= 15 is 0 Å². The monoisotopic (exact) mass is 774 g/mol. The van der Waals surface area contributed by atoms with E-state index in [1.165, 1.54) is 36.7 Å². The van der Waals surface area contributed by atoms with Gasteiger partial charge in [-0.15, -0.1) is 22.7 Å². The second kappa shape index (κ2) is 16.5. The number of rotatable bonds is 11. The lowest BCUT2D eigenvalue weighted by molar-refractivity contribution is 0.0696. The summed E-state index contributed by atoms with van der Waals surface area (Å²) in [7, 11) is -7.63. The number of benzene rings is 4. The number of amides is 1. The normalized spacial score (nSPS) is 11.4. The molecule has 0 saturated heterocycles. The molecule has 0 atom stereocenters. The summed E-state index contributed by atoms with van der Waals surface area (Å²) >= 11 is 2.14. The van der Waals surface area contributed by atoms with Crippen LogP contribution < -0.4 is 11.1 Å². The number of sulfone groups is 2. The smallest absolute Gasteiger partial charge is 0.335 e. The zero-order valence-electron chi connectivity index (χ0n) is 28.0. The molecule has 0 saturated carbocycles. The lowest BCUT2D eigenvalue weighted by atomic mass is 10.0. The molecule has 4 N–H and O–H groups in total. The Labute approximate surface area is 309 Å². The number of carboxylic acids is 1. The van der Waals surface area contributed by atoms with Crippen LogP contribution in [0.2, 0.25) is 0 Å². The third kappa shape index (κ3) is 8.69. The van der Waals surface area contributed by atoms with Crippen LogP contribution in [0.1, 0.15) is 44.6 Å². The summed E-state index contributed by atoms with van der Waals surface area (Å²) in [6.45, 7) is 4.33. The number of nitrogens with two attached hydrogens (primary N) is 1. The van der Waals surface area contributed by atoms with Crippen molar-refractivity contribution in [2.75, 3.05) is 6.54 Å². The molecular formula is C37H34N4O7S4. The summed E-state index contributed by atoms with van der Waals surface area (Å²) in [5.74, 6) is -1.49. The Morgan fingerprint density at radius 2 is 1.13 bits per heavy atom. The van der Waals surface area contributed by atoms with Gasteiger partial charge in [-0.25, -0.2) is 31.6 Å². The molecule has 0 unspecified atom stereocenters. The summed E-state index contributed by atoms with van der Waals surface area (Å²) in [5.41, 5.74) is 8.54. The molecule has 0 spiro atoms. The summed E-state index contributed by atoms with van der Waals surface area (Å²) in [4.78, 5) is 31.9. The predicted octanol–water partition coefficient (Wildman–Crippen LogP) is 6.75. The third-order valence-corrected chi connectivity index (χ3v) is 14.1. The maximum absolute atomic E-state index is 13.1. The zero-order valence-corrected chi connectivity index (χ0v) is 31.3. The molecule has 4 aromatic carbocycles. The van der Waals surface area contributed by atoms with Gasteiger partial charge in [0.05, 0.1) is 32.8 Å². The average Bonchev–Trinajstić information content (AvgIpc) is 3.87. The van der Waals surface area contributed by atoms with Gasteiger partial charge in [0.15, 0.2) is 0 Å². The first-order valence-corrected chi connectivity index (χ1v) is 20.5. The first-order chi connectivity index (χ1) is 24.9. The lowest BCUT2D eigenvalue weighted by Gasteiger charge is -2.10. The van der Waals surface area contributed by atoms with E-state index in [1.807, 2.05) is 62.4 Å². The van der Waals surface area contributed by atoms with E-state index in [0.29, 0.717) is 34.7 Å². The average molecular weight is 775 g/mol. The highest BCUT2D eigenvalue weighted by atomic mass is 32.2. The number of nitrogens with zero attached hydrogens (tertiary/aromatic N) is 2. The Kier molecular flexibility index (Phi) is 12.1. The van der Waals surface area contributed by atoms with Crippen molar-refractivity contribution in [3.8, 4) is 22.3 Å². The van der Waals surface area contributed by atoms with Crippen LogP contribution in [0.3, 0.4) is 0 Å². The Morgan fingerprint density at radius 3 is 1.56 bits per heavy atom. The lowest BCUT2D eigenvalue weighted by Crippen LogP contribution is -2.23. The number of carbonyl (C=O) groups is 2. The molecule has 6 rings (SSSR count). The van der Waals surface area contributed by atoms with Gasteiger partial charge >= 0.3 is 5.97 Å². The fourth-order valence-electron chi connectivity index (χ4n) is 4.95. The molecule has 0 aliphatic rings. The van der Waals surface area contributed by atoms with Gasteiger partial charge in [-0.2, -0.15) is 0 Å². The number of carboxylic acid groups (broad SMARTS) is 1. The van der Waals surface area contributed by atoms with Gasteiger partial charge in [0.25, 0.3) is 5.91 Å². The maximum atomic E-state index is 13.1. The Bertz CT molecular complexity index is 2430. The molecule has 2 heterocycles. The molecule has 0 radical (unpaired) electrons. The number of hydrogen-bond acceptors (Lipinski definition) is 11. The van der Waals surface area contributed by atoms with E-state index in [9.17, 15) is 31.5 Å². The summed E-state index contributed by atoms with van der Waals surface area (Å²) in [6.07, 6.45) is 3.28. The Morgan fingerprint density at radius 1 is 0.673 bits per heavy atom. The Balaban J connectivity index is 0.000000202. The quantitative estimate of drug-likeness (QED) is 0.127. The maximum Gasteiger partial charge on any atom is 0.335 e. The minimum Gasteiger partial charge on any atom is -0.478 e. The van der Waals surface area contributed by atoms with Crippen LogP contribution in [0, 0.1) is 0 Å². The van der Waals surface area contributed by atoms with Crippen molar-refractivity contribution in [3.63, 3.8) is 0 Å². The van der Waals surface area contributed by atoms with E-state index in [2.05, 4.69) is 15.3 Å². The molecule has 268 valence electrons. The van der Waals surface area contributed by atoms with Crippen LogP contribution in [0.15, 0.2) is 128 Å². The van der Waals surface area contributed by atoms with Gasteiger partial charge in [0.1, 0.15) is 13.4 Å². The van der Waals surface area contributed by atoms with Crippen LogP contribution in [-0.2, 0) is 32.6 Å². The molecule has 11 nitrogen and oxygen atoms in total. The standard InChI is InChI=1S/C19H19N3O3S2.C18H15NO4S2/c1-2-21-19(23)15-8-14(13-6-4-3-5-7-13)9-16(10-15)27(24,25)18-12-22-17(11-20)26-18;1-2-16-19-11-17(24-16)25(22,23)15-9-13(8-14(10-15)18(20)21)12-6-4-3-5-7-12/h3-10,12H,2,11,20H2,1H3,(H,21,23);3-11H,2H2,1H3,(H,20,21).